The Morgan fingerprint density at radius 1 is 1.44 bits per heavy atom. The van der Waals surface area contributed by atoms with Crippen LogP contribution in [0.15, 0.2) is 40.8 Å². The summed E-state index contributed by atoms with van der Waals surface area (Å²) in [7, 11) is 0. The molecule has 0 unspecified atom stereocenters. The molecular weight excluding hydrogens is 224 g/mol. The van der Waals surface area contributed by atoms with Crippen molar-refractivity contribution in [3.63, 3.8) is 0 Å². The first-order valence-corrected chi connectivity index (χ1v) is 5.62. The fourth-order valence-electron chi connectivity index (χ4n) is 1.36. The SMILES string of the molecule is c1csc(-c2nc(Cn3ccnc3)no2)c1. The average molecular weight is 232 g/mol. The Hall–Kier alpha value is -1.95. The van der Waals surface area contributed by atoms with Gasteiger partial charge in [-0.1, -0.05) is 11.2 Å². The van der Waals surface area contributed by atoms with E-state index in [2.05, 4.69) is 15.1 Å². The lowest BCUT2D eigenvalue weighted by atomic mass is 10.5. The van der Waals surface area contributed by atoms with Gasteiger partial charge in [0.25, 0.3) is 5.89 Å². The second-order valence-electron chi connectivity index (χ2n) is 3.23. The number of thiophene rings is 1. The van der Waals surface area contributed by atoms with E-state index in [4.69, 9.17) is 4.52 Å². The Bertz CT molecular complexity index is 555. The first-order chi connectivity index (χ1) is 7.92. The van der Waals surface area contributed by atoms with Crippen LogP contribution in [0.2, 0.25) is 0 Å². The van der Waals surface area contributed by atoms with E-state index in [-0.39, 0.29) is 0 Å². The van der Waals surface area contributed by atoms with E-state index in [0.717, 1.165) is 4.88 Å². The highest BCUT2D eigenvalue weighted by molar-refractivity contribution is 7.13. The van der Waals surface area contributed by atoms with Gasteiger partial charge in [-0.3, -0.25) is 0 Å². The molecule has 0 saturated carbocycles. The number of rotatable bonds is 3. The Morgan fingerprint density at radius 3 is 3.19 bits per heavy atom. The standard InChI is InChI=1S/C10H8N4OS/c1-2-8(16-5-1)10-12-9(13-15-10)6-14-4-3-11-7-14/h1-5,7H,6H2. The van der Waals surface area contributed by atoms with E-state index in [0.29, 0.717) is 18.3 Å². The zero-order valence-electron chi connectivity index (χ0n) is 8.28. The summed E-state index contributed by atoms with van der Waals surface area (Å²) in [6.07, 6.45) is 5.31. The van der Waals surface area contributed by atoms with Gasteiger partial charge in [-0.2, -0.15) is 4.98 Å². The Balaban J connectivity index is 1.83. The molecule has 80 valence electrons. The average Bonchev–Trinajstić information content (AvgIpc) is 2.99. The van der Waals surface area contributed by atoms with Crippen LogP contribution >= 0.6 is 11.3 Å². The Labute approximate surface area is 95.4 Å². The lowest BCUT2D eigenvalue weighted by Crippen LogP contribution is -1.97. The first kappa shape index (κ1) is 9.29. The predicted octanol–water partition coefficient (Wildman–Crippen LogP) is 2.04. The topological polar surface area (TPSA) is 56.7 Å². The molecule has 0 aliphatic carbocycles. The van der Waals surface area contributed by atoms with Crippen molar-refractivity contribution in [3.05, 3.63) is 42.1 Å². The zero-order chi connectivity index (χ0) is 10.8. The summed E-state index contributed by atoms with van der Waals surface area (Å²) < 4.78 is 7.07. The second-order valence-corrected chi connectivity index (χ2v) is 4.18. The van der Waals surface area contributed by atoms with Crippen LogP contribution in [0.3, 0.4) is 0 Å². The summed E-state index contributed by atoms with van der Waals surface area (Å²) in [5.74, 6) is 1.23. The van der Waals surface area contributed by atoms with Crippen LogP contribution in [0.5, 0.6) is 0 Å². The minimum Gasteiger partial charge on any atom is -0.333 e. The van der Waals surface area contributed by atoms with Gasteiger partial charge in [0.05, 0.1) is 17.7 Å². The molecule has 0 atom stereocenters. The minimum absolute atomic E-state index is 0.574. The number of aromatic nitrogens is 4. The molecule has 0 aliphatic heterocycles. The molecule has 6 heteroatoms. The molecule has 0 fully saturated rings. The van der Waals surface area contributed by atoms with Crippen LogP contribution in [0.1, 0.15) is 5.82 Å². The highest BCUT2D eigenvalue weighted by Gasteiger charge is 2.09. The van der Waals surface area contributed by atoms with Gasteiger partial charge in [-0.25, -0.2) is 4.98 Å². The lowest BCUT2D eigenvalue weighted by Gasteiger charge is -1.93. The number of imidazole rings is 1. The normalized spacial score (nSPS) is 10.8. The molecule has 0 aromatic carbocycles. The summed E-state index contributed by atoms with van der Waals surface area (Å²) >= 11 is 1.58. The third-order valence-electron chi connectivity index (χ3n) is 2.08. The van der Waals surface area contributed by atoms with Crippen molar-refractivity contribution in [2.45, 2.75) is 6.54 Å². The highest BCUT2D eigenvalue weighted by Crippen LogP contribution is 2.22. The molecule has 0 aliphatic rings. The van der Waals surface area contributed by atoms with Gasteiger partial charge in [0.1, 0.15) is 0 Å². The van der Waals surface area contributed by atoms with E-state index in [1.165, 1.54) is 0 Å². The molecule has 0 spiro atoms. The van der Waals surface area contributed by atoms with Crippen molar-refractivity contribution in [3.8, 4) is 10.8 Å². The summed E-state index contributed by atoms with van der Waals surface area (Å²) in [4.78, 5) is 9.26. The largest absolute Gasteiger partial charge is 0.333 e. The van der Waals surface area contributed by atoms with Crippen LogP contribution < -0.4 is 0 Å². The quantitative estimate of drug-likeness (QED) is 0.693. The van der Waals surface area contributed by atoms with Gasteiger partial charge in [0.2, 0.25) is 0 Å². The van der Waals surface area contributed by atoms with Gasteiger partial charge < -0.3 is 9.09 Å². The van der Waals surface area contributed by atoms with Crippen molar-refractivity contribution in [1.29, 1.82) is 0 Å². The fraction of sp³-hybridized carbons (Fsp3) is 0.100. The van der Waals surface area contributed by atoms with E-state index in [1.807, 2.05) is 28.3 Å². The van der Waals surface area contributed by atoms with Gasteiger partial charge in [-0.05, 0) is 11.4 Å². The first-order valence-electron chi connectivity index (χ1n) is 4.74. The van der Waals surface area contributed by atoms with Crippen LogP contribution in [0.4, 0.5) is 0 Å². The fourth-order valence-corrected chi connectivity index (χ4v) is 2.01. The van der Waals surface area contributed by atoms with Gasteiger partial charge in [0.15, 0.2) is 5.82 Å². The van der Waals surface area contributed by atoms with Crippen LogP contribution in [0, 0.1) is 0 Å². The molecule has 3 heterocycles. The van der Waals surface area contributed by atoms with E-state index in [1.54, 1.807) is 23.9 Å². The lowest BCUT2D eigenvalue weighted by molar-refractivity contribution is 0.421. The number of nitrogens with zero attached hydrogens (tertiary/aromatic N) is 4. The third kappa shape index (κ3) is 1.74. The molecule has 0 N–H and O–H groups in total. The van der Waals surface area contributed by atoms with Crippen molar-refractivity contribution >= 4 is 11.3 Å². The molecule has 0 bridgehead atoms. The molecule has 3 aromatic heterocycles. The van der Waals surface area contributed by atoms with Crippen molar-refractivity contribution in [2.75, 3.05) is 0 Å². The Kier molecular flexibility index (Phi) is 2.26. The molecule has 3 aromatic rings. The van der Waals surface area contributed by atoms with Gasteiger partial charge >= 0.3 is 0 Å². The van der Waals surface area contributed by atoms with Crippen LogP contribution in [-0.4, -0.2) is 19.7 Å². The maximum absolute atomic E-state index is 5.17. The van der Waals surface area contributed by atoms with Crippen molar-refractivity contribution < 1.29 is 4.52 Å². The minimum atomic E-state index is 0.574. The Morgan fingerprint density at radius 2 is 2.44 bits per heavy atom. The van der Waals surface area contributed by atoms with Crippen molar-refractivity contribution in [1.82, 2.24) is 19.7 Å². The molecule has 3 rings (SSSR count). The monoisotopic (exact) mass is 232 g/mol. The van der Waals surface area contributed by atoms with Gasteiger partial charge in [-0.15, -0.1) is 11.3 Å². The summed E-state index contributed by atoms with van der Waals surface area (Å²) in [6, 6.07) is 3.92. The smallest absolute Gasteiger partial charge is 0.268 e. The molecule has 5 nitrogen and oxygen atoms in total. The van der Waals surface area contributed by atoms with E-state index in [9.17, 15) is 0 Å². The third-order valence-corrected chi connectivity index (χ3v) is 2.94. The molecule has 0 saturated heterocycles. The molecule has 0 amide bonds. The maximum Gasteiger partial charge on any atom is 0.268 e. The van der Waals surface area contributed by atoms with Crippen LogP contribution in [0.25, 0.3) is 10.8 Å². The highest BCUT2D eigenvalue weighted by atomic mass is 32.1. The molecule has 16 heavy (non-hydrogen) atoms. The van der Waals surface area contributed by atoms with Gasteiger partial charge in [0, 0.05) is 12.4 Å². The predicted molar refractivity (Wildman–Crippen MR) is 58.9 cm³/mol. The summed E-state index contributed by atoms with van der Waals surface area (Å²) in [5.41, 5.74) is 0. The molecule has 0 radical (unpaired) electrons. The number of hydrogen-bond donors (Lipinski definition) is 0. The number of hydrogen-bond acceptors (Lipinski definition) is 5. The van der Waals surface area contributed by atoms with Crippen molar-refractivity contribution in [2.24, 2.45) is 0 Å². The summed E-state index contributed by atoms with van der Waals surface area (Å²) in [6.45, 7) is 0.578. The maximum atomic E-state index is 5.17. The zero-order valence-corrected chi connectivity index (χ0v) is 9.09. The molecular formula is C10H8N4OS. The van der Waals surface area contributed by atoms with E-state index < -0.39 is 0 Å². The van der Waals surface area contributed by atoms with Crippen LogP contribution in [-0.2, 0) is 6.54 Å². The summed E-state index contributed by atoms with van der Waals surface area (Å²) in [5, 5.41) is 5.90. The van der Waals surface area contributed by atoms with E-state index >= 15 is 0 Å². The second kappa shape index (κ2) is 3.90.